The number of rotatable bonds is 3. The number of esters is 1. The quantitative estimate of drug-likeness (QED) is 0.846. The monoisotopic (exact) mass is 253 g/mol. The number of aliphatic hydroxyl groups is 1. The summed E-state index contributed by atoms with van der Waals surface area (Å²) in [5.74, 6) is -0.189. The van der Waals surface area contributed by atoms with Gasteiger partial charge in [-0.1, -0.05) is 0 Å². The lowest BCUT2D eigenvalue weighted by Gasteiger charge is -2.05. The summed E-state index contributed by atoms with van der Waals surface area (Å²) in [5, 5.41) is 10.1. The highest BCUT2D eigenvalue weighted by atomic mass is 32.1. The Labute approximate surface area is 102 Å². The first-order chi connectivity index (χ1) is 8.13. The number of carbonyl (C=O) groups excluding carboxylic acids is 1. The molecule has 0 spiro atoms. The molecule has 17 heavy (non-hydrogen) atoms. The number of hydrogen-bond acceptors (Lipinski definition) is 6. The second kappa shape index (κ2) is 4.68. The van der Waals surface area contributed by atoms with Crippen LogP contribution in [0.1, 0.15) is 33.0 Å². The number of thiazole rings is 1. The minimum absolute atomic E-state index is 0.0729. The largest absolute Gasteiger partial charge is 0.463 e. The molecule has 0 amide bonds. The number of furan rings is 1. The molecule has 5 nitrogen and oxygen atoms in total. The fourth-order valence-electron chi connectivity index (χ4n) is 1.41. The van der Waals surface area contributed by atoms with Crippen LogP contribution in [0.4, 0.5) is 0 Å². The second-order valence-electron chi connectivity index (χ2n) is 3.40. The summed E-state index contributed by atoms with van der Waals surface area (Å²) in [6, 6.07) is 3.02. The van der Waals surface area contributed by atoms with Crippen molar-refractivity contribution in [2.45, 2.75) is 13.0 Å². The maximum absolute atomic E-state index is 11.2. The first-order valence-electron chi connectivity index (χ1n) is 4.89. The normalized spacial score (nSPS) is 12.4. The van der Waals surface area contributed by atoms with E-state index in [9.17, 15) is 9.90 Å². The highest BCUT2D eigenvalue weighted by Crippen LogP contribution is 2.28. The van der Waals surface area contributed by atoms with Crippen molar-refractivity contribution in [3.8, 4) is 0 Å². The number of methoxy groups -OCH3 is 1. The van der Waals surface area contributed by atoms with Crippen LogP contribution >= 0.6 is 11.3 Å². The van der Waals surface area contributed by atoms with Gasteiger partial charge in [0.15, 0.2) is 0 Å². The predicted molar refractivity (Wildman–Crippen MR) is 61.0 cm³/mol. The number of hydrogen-bond donors (Lipinski definition) is 1. The zero-order valence-corrected chi connectivity index (χ0v) is 10.2. The summed E-state index contributed by atoms with van der Waals surface area (Å²) in [6.07, 6.45) is -0.902. The Morgan fingerprint density at radius 3 is 2.94 bits per heavy atom. The van der Waals surface area contributed by atoms with Crippen LogP contribution in [0.5, 0.6) is 0 Å². The number of aliphatic hydroxyl groups excluding tert-OH is 1. The molecule has 2 aromatic rings. The summed E-state index contributed by atoms with van der Waals surface area (Å²) in [4.78, 5) is 15.9. The first kappa shape index (κ1) is 11.8. The highest BCUT2D eigenvalue weighted by Gasteiger charge is 2.20. The van der Waals surface area contributed by atoms with Gasteiger partial charge < -0.3 is 14.3 Å². The molecule has 0 saturated carbocycles. The van der Waals surface area contributed by atoms with E-state index in [1.807, 2.05) is 0 Å². The summed E-state index contributed by atoms with van der Waals surface area (Å²) in [6.45, 7) is 1.80. The van der Waals surface area contributed by atoms with Gasteiger partial charge in [-0.25, -0.2) is 9.78 Å². The molecular formula is C11H11NO4S. The van der Waals surface area contributed by atoms with Crippen LogP contribution in [0, 0.1) is 6.92 Å². The Kier molecular flexibility index (Phi) is 3.26. The number of aryl methyl sites for hydroxylation is 1. The van der Waals surface area contributed by atoms with Gasteiger partial charge >= 0.3 is 5.97 Å². The molecule has 1 atom stereocenters. The van der Waals surface area contributed by atoms with Gasteiger partial charge in [0.2, 0.25) is 5.76 Å². The van der Waals surface area contributed by atoms with Gasteiger partial charge in [0.25, 0.3) is 0 Å². The number of aromatic nitrogens is 1. The van der Waals surface area contributed by atoms with E-state index < -0.39 is 12.1 Å². The van der Waals surface area contributed by atoms with Gasteiger partial charge in [0, 0.05) is 0 Å². The van der Waals surface area contributed by atoms with Crippen molar-refractivity contribution in [3.63, 3.8) is 0 Å². The molecule has 2 aromatic heterocycles. The van der Waals surface area contributed by atoms with Crippen molar-refractivity contribution in [1.82, 2.24) is 4.98 Å². The van der Waals surface area contributed by atoms with Gasteiger partial charge in [0.1, 0.15) is 11.9 Å². The maximum atomic E-state index is 11.2. The molecule has 1 N–H and O–H groups in total. The number of nitrogens with zero attached hydrogens (tertiary/aromatic N) is 1. The van der Waals surface area contributed by atoms with Crippen LogP contribution in [0.3, 0.4) is 0 Å². The van der Waals surface area contributed by atoms with Crippen molar-refractivity contribution in [3.05, 3.63) is 39.7 Å². The molecule has 0 radical (unpaired) electrons. The third-order valence-corrected chi connectivity index (χ3v) is 3.30. The lowest BCUT2D eigenvalue weighted by molar-refractivity contribution is 0.0558. The molecule has 2 heterocycles. The average molecular weight is 253 g/mol. The molecule has 0 aliphatic carbocycles. The van der Waals surface area contributed by atoms with Crippen molar-refractivity contribution in [1.29, 1.82) is 0 Å². The van der Waals surface area contributed by atoms with Crippen molar-refractivity contribution >= 4 is 17.3 Å². The SMILES string of the molecule is COC(=O)c1ccc(C(O)c2scnc2C)o1. The molecule has 90 valence electrons. The Morgan fingerprint density at radius 2 is 2.35 bits per heavy atom. The van der Waals surface area contributed by atoms with E-state index in [0.717, 1.165) is 5.69 Å². The van der Waals surface area contributed by atoms with Crippen LogP contribution in [0.15, 0.2) is 22.1 Å². The van der Waals surface area contributed by atoms with Crippen LogP contribution in [0.2, 0.25) is 0 Å². The minimum atomic E-state index is -0.902. The molecule has 0 aliphatic heterocycles. The van der Waals surface area contributed by atoms with Crippen LogP contribution in [-0.4, -0.2) is 23.2 Å². The molecule has 0 bridgehead atoms. The van der Waals surface area contributed by atoms with Crippen molar-refractivity contribution < 1.29 is 19.1 Å². The summed E-state index contributed by atoms with van der Waals surface area (Å²) >= 11 is 1.34. The van der Waals surface area contributed by atoms with Gasteiger partial charge in [-0.15, -0.1) is 11.3 Å². The van der Waals surface area contributed by atoms with E-state index in [-0.39, 0.29) is 5.76 Å². The first-order valence-corrected chi connectivity index (χ1v) is 5.77. The zero-order chi connectivity index (χ0) is 12.4. The molecule has 1 unspecified atom stereocenters. The number of ether oxygens (including phenoxy) is 1. The minimum Gasteiger partial charge on any atom is -0.463 e. The Balaban J connectivity index is 2.26. The standard InChI is InChI=1S/C11H11NO4S/c1-6-10(17-5-12-6)9(13)7-3-4-8(16-7)11(14)15-2/h3-5,9,13H,1-2H3. The van der Waals surface area contributed by atoms with E-state index in [0.29, 0.717) is 10.6 Å². The average Bonchev–Trinajstić information content (AvgIpc) is 2.95. The van der Waals surface area contributed by atoms with E-state index in [2.05, 4.69) is 9.72 Å². The maximum Gasteiger partial charge on any atom is 0.373 e. The van der Waals surface area contributed by atoms with Gasteiger partial charge in [-0.2, -0.15) is 0 Å². The van der Waals surface area contributed by atoms with Crippen molar-refractivity contribution in [2.75, 3.05) is 7.11 Å². The lowest BCUT2D eigenvalue weighted by Crippen LogP contribution is -2.00. The molecule has 0 aliphatic rings. The van der Waals surface area contributed by atoms with E-state index in [4.69, 9.17) is 4.42 Å². The molecule has 2 rings (SSSR count). The Bertz CT molecular complexity index is 531. The molecule has 0 fully saturated rings. The lowest BCUT2D eigenvalue weighted by atomic mass is 10.2. The smallest absolute Gasteiger partial charge is 0.373 e. The topological polar surface area (TPSA) is 72.6 Å². The summed E-state index contributed by atoms with van der Waals surface area (Å²) < 4.78 is 9.75. The Hall–Kier alpha value is -1.66. The molecular weight excluding hydrogens is 242 g/mol. The van der Waals surface area contributed by atoms with E-state index >= 15 is 0 Å². The Morgan fingerprint density at radius 1 is 1.59 bits per heavy atom. The zero-order valence-electron chi connectivity index (χ0n) is 9.34. The number of carbonyl (C=O) groups is 1. The molecule has 0 saturated heterocycles. The predicted octanol–water partition coefficient (Wildman–Crippen LogP) is 1.91. The van der Waals surface area contributed by atoms with E-state index in [1.54, 1.807) is 18.5 Å². The summed E-state index contributed by atoms with van der Waals surface area (Å²) in [7, 11) is 1.27. The second-order valence-corrected chi connectivity index (χ2v) is 4.28. The fraction of sp³-hybridized carbons (Fsp3) is 0.273. The molecule has 6 heteroatoms. The third kappa shape index (κ3) is 2.22. The summed E-state index contributed by atoms with van der Waals surface area (Å²) in [5.41, 5.74) is 2.40. The van der Waals surface area contributed by atoms with Crippen LogP contribution in [-0.2, 0) is 4.74 Å². The van der Waals surface area contributed by atoms with Crippen LogP contribution < -0.4 is 0 Å². The van der Waals surface area contributed by atoms with Crippen LogP contribution in [0.25, 0.3) is 0 Å². The highest BCUT2D eigenvalue weighted by molar-refractivity contribution is 7.09. The van der Waals surface area contributed by atoms with Gasteiger partial charge in [-0.3, -0.25) is 0 Å². The third-order valence-electron chi connectivity index (χ3n) is 2.31. The van der Waals surface area contributed by atoms with E-state index in [1.165, 1.54) is 24.5 Å². The fourth-order valence-corrected chi connectivity index (χ4v) is 2.21. The van der Waals surface area contributed by atoms with Gasteiger partial charge in [0.05, 0.1) is 23.2 Å². The van der Waals surface area contributed by atoms with Crippen molar-refractivity contribution in [2.24, 2.45) is 0 Å². The molecule has 0 aromatic carbocycles. The van der Waals surface area contributed by atoms with Gasteiger partial charge in [-0.05, 0) is 19.1 Å².